The molecule has 2 amide bonds. The summed E-state index contributed by atoms with van der Waals surface area (Å²) in [6, 6.07) is 5.27. The number of halogens is 1. The Morgan fingerprint density at radius 1 is 1.20 bits per heavy atom. The van der Waals surface area contributed by atoms with Gasteiger partial charge in [0.05, 0.1) is 5.02 Å². The van der Waals surface area contributed by atoms with E-state index in [0.717, 1.165) is 5.56 Å². The van der Waals surface area contributed by atoms with Crippen LogP contribution in [0, 0.1) is 0 Å². The van der Waals surface area contributed by atoms with Gasteiger partial charge in [-0.05, 0) is 24.5 Å². The maximum atomic E-state index is 12.2. The minimum atomic E-state index is -0.269. The fourth-order valence-corrected chi connectivity index (χ4v) is 2.75. The van der Waals surface area contributed by atoms with Crippen LogP contribution in [-0.4, -0.2) is 29.0 Å². The molecule has 0 atom stereocenters. The zero-order chi connectivity index (χ0) is 14.7. The molecule has 1 aliphatic rings. The van der Waals surface area contributed by atoms with E-state index in [2.05, 4.69) is 0 Å². The van der Waals surface area contributed by atoms with Crippen molar-refractivity contribution < 1.29 is 14.4 Å². The van der Waals surface area contributed by atoms with Crippen molar-refractivity contribution in [3.63, 3.8) is 0 Å². The lowest BCUT2D eigenvalue weighted by Gasteiger charge is -2.21. The molecular formula is C15H16ClNO3. The van der Waals surface area contributed by atoms with E-state index >= 15 is 0 Å². The number of carbonyl (C=O) groups is 3. The van der Waals surface area contributed by atoms with Crippen LogP contribution in [0.25, 0.3) is 0 Å². The average molecular weight is 294 g/mol. The molecule has 5 heteroatoms. The SMILES string of the molecule is CC(=O)N1CCCC(=O)c2c(Cl)cccc2CCC1=O. The average Bonchev–Trinajstić information content (AvgIpc) is 2.39. The van der Waals surface area contributed by atoms with Gasteiger partial charge >= 0.3 is 0 Å². The molecule has 0 saturated carbocycles. The van der Waals surface area contributed by atoms with Gasteiger partial charge in [0.25, 0.3) is 0 Å². The Bertz CT molecular complexity index is 568. The van der Waals surface area contributed by atoms with Crippen molar-refractivity contribution in [1.82, 2.24) is 4.90 Å². The topological polar surface area (TPSA) is 54.5 Å². The van der Waals surface area contributed by atoms with E-state index in [1.807, 2.05) is 6.07 Å². The van der Waals surface area contributed by atoms with Crippen molar-refractivity contribution in [3.05, 3.63) is 34.3 Å². The van der Waals surface area contributed by atoms with Crippen LogP contribution in [-0.2, 0) is 16.0 Å². The molecule has 0 fully saturated rings. The molecule has 1 aromatic carbocycles. The first-order valence-corrected chi connectivity index (χ1v) is 7.00. The molecule has 0 radical (unpaired) electrons. The van der Waals surface area contributed by atoms with E-state index < -0.39 is 0 Å². The molecule has 1 aliphatic heterocycles. The number of fused-ring (bicyclic) bond motifs is 1. The quantitative estimate of drug-likeness (QED) is 0.739. The molecule has 0 aromatic heterocycles. The summed E-state index contributed by atoms with van der Waals surface area (Å²) in [4.78, 5) is 36.9. The van der Waals surface area contributed by atoms with Crippen LogP contribution in [0.3, 0.4) is 0 Å². The van der Waals surface area contributed by atoms with Crippen LogP contribution in [0.5, 0.6) is 0 Å². The first-order valence-electron chi connectivity index (χ1n) is 6.62. The molecule has 0 unspecified atom stereocenters. The van der Waals surface area contributed by atoms with Crippen molar-refractivity contribution in [3.8, 4) is 0 Å². The van der Waals surface area contributed by atoms with Gasteiger partial charge in [0, 0.05) is 31.9 Å². The number of hydrogen-bond donors (Lipinski definition) is 0. The van der Waals surface area contributed by atoms with Gasteiger partial charge in [0.15, 0.2) is 5.78 Å². The summed E-state index contributed by atoms with van der Waals surface area (Å²) in [5, 5.41) is 0.434. The summed E-state index contributed by atoms with van der Waals surface area (Å²) < 4.78 is 0. The van der Waals surface area contributed by atoms with Gasteiger partial charge in [-0.15, -0.1) is 0 Å². The number of Topliss-reactive ketones (excluding diaryl/α,β-unsaturated/α-hetero) is 1. The van der Waals surface area contributed by atoms with E-state index in [1.54, 1.807) is 12.1 Å². The van der Waals surface area contributed by atoms with Crippen molar-refractivity contribution in [2.75, 3.05) is 6.54 Å². The predicted octanol–water partition coefficient (Wildman–Crippen LogP) is 2.62. The summed E-state index contributed by atoms with van der Waals surface area (Å²) in [5.41, 5.74) is 1.31. The van der Waals surface area contributed by atoms with Crippen LogP contribution >= 0.6 is 11.6 Å². The summed E-state index contributed by atoms with van der Waals surface area (Å²) >= 11 is 6.10. The third-order valence-electron chi connectivity index (χ3n) is 3.45. The molecule has 0 N–H and O–H groups in total. The highest BCUT2D eigenvalue weighted by atomic mass is 35.5. The fourth-order valence-electron chi connectivity index (χ4n) is 2.45. The molecule has 2 rings (SSSR count). The third kappa shape index (κ3) is 3.07. The summed E-state index contributed by atoms with van der Waals surface area (Å²) in [5.74, 6) is -0.490. The van der Waals surface area contributed by atoms with Gasteiger partial charge in [-0.3, -0.25) is 19.3 Å². The predicted molar refractivity (Wildman–Crippen MR) is 75.7 cm³/mol. The molecule has 0 aliphatic carbocycles. The standard InChI is InChI=1S/C15H16ClNO3/c1-10(18)17-9-3-6-13(19)15-11(7-8-14(17)20)4-2-5-12(15)16/h2,4-5H,3,6-9H2,1H3. The Morgan fingerprint density at radius 2 is 1.95 bits per heavy atom. The first-order chi connectivity index (χ1) is 9.50. The normalized spacial score (nSPS) is 16.8. The van der Waals surface area contributed by atoms with E-state index in [0.29, 0.717) is 30.0 Å². The summed E-state index contributed by atoms with van der Waals surface area (Å²) in [7, 11) is 0. The fraction of sp³-hybridized carbons (Fsp3) is 0.400. The monoisotopic (exact) mass is 293 g/mol. The number of nitrogens with zero attached hydrogens (tertiary/aromatic N) is 1. The number of rotatable bonds is 0. The maximum Gasteiger partial charge on any atom is 0.229 e. The van der Waals surface area contributed by atoms with Crippen molar-refractivity contribution >= 4 is 29.2 Å². The molecule has 0 spiro atoms. The first kappa shape index (κ1) is 14.7. The second kappa shape index (κ2) is 6.18. The van der Waals surface area contributed by atoms with E-state index in [4.69, 9.17) is 11.6 Å². The minimum Gasteiger partial charge on any atom is -0.294 e. The molecule has 1 aromatic rings. The largest absolute Gasteiger partial charge is 0.294 e. The molecule has 20 heavy (non-hydrogen) atoms. The summed E-state index contributed by atoms with van der Waals surface area (Å²) in [6.45, 7) is 1.66. The Balaban J connectivity index is 2.33. The second-order valence-electron chi connectivity index (χ2n) is 4.87. The highest BCUT2D eigenvalue weighted by Gasteiger charge is 2.22. The molecule has 0 saturated heterocycles. The molecule has 106 valence electrons. The van der Waals surface area contributed by atoms with Gasteiger partial charge in [-0.2, -0.15) is 0 Å². The van der Waals surface area contributed by atoms with Crippen molar-refractivity contribution in [2.45, 2.75) is 32.6 Å². The van der Waals surface area contributed by atoms with Gasteiger partial charge in [0.1, 0.15) is 0 Å². The Kier molecular flexibility index (Phi) is 4.55. The van der Waals surface area contributed by atoms with Crippen LogP contribution in [0.4, 0.5) is 0 Å². The van der Waals surface area contributed by atoms with Crippen LogP contribution in [0.15, 0.2) is 18.2 Å². The molecule has 4 nitrogen and oxygen atoms in total. The lowest BCUT2D eigenvalue weighted by atomic mass is 9.96. The van der Waals surface area contributed by atoms with Crippen LogP contribution < -0.4 is 0 Å². The van der Waals surface area contributed by atoms with E-state index in [-0.39, 0.29) is 30.4 Å². The van der Waals surface area contributed by atoms with Crippen molar-refractivity contribution in [1.29, 1.82) is 0 Å². The van der Waals surface area contributed by atoms with E-state index in [1.165, 1.54) is 11.8 Å². The lowest BCUT2D eigenvalue weighted by Crippen LogP contribution is -2.36. The Labute approximate surface area is 122 Å². The van der Waals surface area contributed by atoms with Gasteiger partial charge in [-0.25, -0.2) is 0 Å². The van der Waals surface area contributed by atoms with Gasteiger partial charge in [0.2, 0.25) is 11.8 Å². The minimum absolute atomic E-state index is 0.0246. The highest BCUT2D eigenvalue weighted by molar-refractivity contribution is 6.34. The lowest BCUT2D eigenvalue weighted by molar-refractivity contribution is -0.143. The zero-order valence-electron chi connectivity index (χ0n) is 11.3. The maximum absolute atomic E-state index is 12.2. The second-order valence-corrected chi connectivity index (χ2v) is 5.27. The Morgan fingerprint density at radius 3 is 2.65 bits per heavy atom. The number of hydrogen-bond acceptors (Lipinski definition) is 3. The van der Waals surface area contributed by atoms with Gasteiger partial charge in [-0.1, -0.05) is 23.7 Å². The number of aryl methyl sites for hydroxylation is 1. The number of amides is 2. The highest BCUT2D eigenvalue weighted by Crippen LogP contribution is 2.24. The molecule has 0 bridgehead atoms. The number of carbonyl (C=O) groups excluding carboxylic acids is 3. The van der Waals surface area contributed by atoms with E-state index in [9.17, 15) is 14.4 Å². The number of ketones is 1. The third-order valence-corrected chi connectivity index (χ3v) is 3.77. The molecule has 1 heterocycles. The Hall–Kier alpha value is -1.68. The van der Waals surface area contributed by atoms with Crippen LogP contribution in [0.1, 0.15) is 42.1 Å². The van der Waals surface area contributed by atoms with Crippen molar-refractivity contribution in [2.24, 2.45) is 0 Å². The summed E-state index contributed by atoms with van der Waals surface area (Å²) in [6.07, 6.45) is 1.38. The smallest absolute Gasteiger partial charge is 0.229 e. The molecular weight excluding hydrogens is 278 g/mol. The van der Waals surface area contributed by atoms with Gasteiger partial charge < -0.3 is 0 Å². The number of benzene rings is 1. The number of imide groups is 1. The van der Waals surface area contributed by atoms with Crippen LogP contribution in [0.2, 0.25) is 5.02 Å². The zero-order valence-corrected chi connectivity index (χ0v) is 12.1.